The molecule has 2 aromatic rings. The van der Waals surface area contributed by atoms with Crippen molar-refractivity contribution >= 4 is 11.3 Å². The summed E-state index contributed by atoms with van der Waals surface area (Å²) in [5.74, 6) is 1.64. The van der Waals surface area contributed by atoms with Crippen molar-refractivity contribution in [1.82, 2.24) is 4.98 Å². The molecule has 0 radical (unpaired) electrons. The van der Waals surface area contributed by atoms with Crippen molar-refractivity contribution in [2.45, 2.75) is 32.1 Å². The zero-order valence-electron chi connectivity index (χ0n) is 13.5. The van der Waals surface area contributed by atoms with Gasteiger partial charge in [-0.1, -0.05) is 19.9 Å². The van der Waals surface area contributed by atoms with Gasteiger partial charge in [0.1, 0.15) is 11.5 Å². The molecule has 1 heterocycles. The molecule has 0 bridgehead atoms. The highest BCUT2D eigenvalue weighted by molar-refractivity contribution is 7.09. The molecule has 0 fully saturated rings. The Kier molecular flexibility index (Phi) is 5.80. The van der Waals surface area contributed by atoms with Crippen LogP contribution in [0.4, 0.5) is 0 Å². The van der Waals surface area contributed by atoms with E-state index in [4.69, 9.17) is 15.2 Å². The van der Waals surface area contributed by atoms with E-state index < -0.39 is 0 Å². The molecule has 0 saturated heterocycles. The largest absolute Gasteiger partial charge is 0.497 e. The number of thiazole rings is 1. The fourth-order valence-electron chi connectivity index (χ4n) is 2.10. The maximum absolute atomic E-state index is 5.84. The van der Waals surface area contributed by atoms with Gasteiger partial charge in [-0.2, -0.15) is 0 Å². The van der Waals surface area contributed by atoms with Gasteiger partial charge in [-0.3, -0.25) is 0 Å². The Morgan fingerprint density at radius 1 is 1.27 bits per heavy atom. The molecular weight excluding hydrogens is 296 g/mol. The molecule has 0 atom stereocenters. The summed E-state index contributed by atoms with van der Waals surface area (Å²) in [5, 5.41) is 3.25. The van der Waals surface area contributed by atoms with Crippen LogP contribution in [0.5, 0.6) is 11.5 Å². The molecule has 4 nitrogen and oxygen atoms in total. The van der Waals surface area contributed by atoms with Crippen LogP contribution in [0.15, 0.2) is 29.6 Å². The van der Waals surface area contributed by atoms with Crippen LogP contribution < -0.4 is 15.2 Å². The number of hydrogen-bond acceptors (Lipinski definition) is 5. The summed E-state index contributed by atoms with van der Waals surface area (Å²) in [6.07, 6.45) is 1.74. The molecule has 22 heavy (non-hydrogen) atoms. The van der Waals surface area contributed by atoms with Crippen LogP contribution in [-0.2, 0) is 11.8 Å². The quantitative estimate of drug-likeness (QED) is 0.810. The topological polar surface area (TPSA) is 57.4 Å². The van der Waals surface area contributed by atoms with Crippen molar-refractivity contribution in [2.75, 3.05) is 20.3 Å². The molecule has 1 aromatic heterocycles. The van der Waals surface area contributed by atoms with Crippen molar-refractivity contribution in [3.8, 4) is 11.5 Å². The standard InChI is InChI=1S/C17H24N2O2S/c1-17(2,16-19-13(7-9-18)12-22-16)8-10-21-15-6-4-5-14(11-15)20-3/h4-6,11-12H,7-10,18H2,1-3H3. The van der Waals surface area contributed by atoms with Crippen LogP contribution in [0.2, 0.25) is 0 Å². The van der Waals surface area contributed by atoms with E-state index in [1.807, 2.05) is 24.3 Å². The summed E-state index contributed by atoms with van der Waals surface area (Å²) < 4.78 is 11.0. The van der Waals surface area contributed by atoms with E-state index in [1.54, 1.807) is 18.4 Å². The Hall–Kier alpha value is -1.59. The second-order valence-corrected chi connectivity index (χ2v) is 6.70. The number of rotatable bonds is 8. The first-order valence-corrected chi connectivity index (χ1v) is 8.35. The molecular formula is C17H24N2O2S. The maximum atomic E-state index is 5.84. The van der Waals surface area contributed by atoms with Gasteiger partial charge < -0.3 is 15.2 Å². The van der Waals surface area contributed by atoms with Gasteiger partial charge in [0.25, 0.3) is 0 Å². The van der Waals surface area contributed by atoms with Crippen LogP contribution in [0.3, 0.4) is 0 Å². The monoisotopic (exact) mass is 320 g/mol. The minimum atomic E-state index is -0.00359. The van der Waals surface area contributed by atoms with Crippen LogP contribution in [0, 0.1) is 0 Å². The molecule has 0 unspecified atom stereocenters. The van der Waals surface area contributed by atoms with E-state index in [0.717, 1.165) is 35.0 Å². The Bertz CT molecular complexity index is 596. The van der Waals surface area contributed by atoms with Crippen LogP contribution >= 0.6 is 11.3 Å². The number of ether oxygens (including phenoxy) is 2. The second kappa shape index (κ2) is 7.61. The van der Waals surface area contributed by atoms with E-state index in [2.05, 4.69) is 24.2 Å². The smallest absolute Gasteiger partial charge is 0.122 e. The first kappa shape index (κ1) is 16.8. The van der Waals surface area contributed by atoms with Gasteiger partial charge >= 0.3 is 0 Å². The molecule has 2 N–H and O–H groups in total. The highest BCUT2D eigenvalue weighted by atomic mass is 32.1. The molecule has 1 aromatic carbocycles. The van der Waals surface area contributed by atoms with Crippen LogP contribution in [-0.4, -0.2) is 25.2 Å². The fourth-order valence-corrected chi connectivity index (χ4v) is 3.11. The van der Waals surface area contributed by atoms with Crippen LogP contribution in [0.1, 0.15) is 31.0 Å². The van der Waals surface area contributed by atoms with E-state index in [1.165, 1.54) is 0 Å². The second-order valence-electron chi connectivity index (χ2n) is 5.84. The predicted octanol–water partition coefficient (Wildman–Crippen LogP) is 3.40. The molecule has 0 aliphatic rings. The van der Waals surface area contributed by atoms with Gasteiger partial charge in [-0.05, 0) is 25.1 Å². The number of benzene rings is 1. The lowest BCUT2D eigenvalue weighted by Crippen LogP contribution is -2.20. The molecule has 0 saturated carbocycles. The van der Waals surface area contributed by atoms with E-state index in [-0.39, 0.29) is 5.41 Å². The van der Waals surface area contributed by atoms with Gasteiger partial charge in [-0.25, -0.2) is 4.98 Å². The molecule has 0 spiro atoms. The number of hydrogen-bond donors (Lipinski definition) is 1. The normalized spacial score (nSPS) is 11.5. The summed E-state index contributed by atoms with van der Waals surface area (Å²) in [7, 11) is 1.66. The van der Waals surface area contributed by atoms with E-state index in [9.17, 15) is 0 Å². The Balaban J connectivity index is 1.91. The Labute approximate surface area is 136 Å². The van der Waals surface area contributed by atoms with Gasteiger partial charge in [0, 0.05) is 23.3 Å². The molecule has 2 rings (SSSR count). The van der Waals surface area contributed by atoms with Crippen molar-refractivity contribution < 1.29 is 9.47 Å². The average molecular weight is 320 g/mol. The van der Waals surface area contributed by atoms with Gasteiger partial charge in [0.15, 0.2) is 0 Å². The highest BCUT2D eigenvalue weighted by Crippen LogP contribution is 2.30. The van der Waals surface area contributed by atoms with Gasteiger partial charge in [0.2, 0.25) is 0 Å². The lowest BCUT2D eigenvalue weighted by atomic mass is 9.90. The number of nitrogens with two attached hydrogens (primary N) is 1. The minimum Gasteiger partial charge on any atom is -0.497 e. The summed E-state index contributed by atoms with van der Waals surface area (Å²) in [5.41, 5.74) is 6.67. The fraction of sp³-hybridized carbons (Fsp3) is 0.471. The van der Waals surface area contributed by atoms with E-state index in [0.29, 0.717) is 13.2 Å². The van der Waals surface area contributed by atoms with Crippen molar-refractivity contribution in [2.24, 2.45) is 5.73 Å². The number of methoxy groups -OCH3 is 1. The third-order valence-electron chi connectivity index (χ3n) is 3.57. The van der Waals surface area contributed by atoms with Crippen molar-refractivity contribution in [3.63, 3.8) is 0 Å². The van der Waals surface area contributed by atoms with Crippen molar-refractivity contribution in [3.05, 3.63) is 40.3 Å². The Morgan fingerprint density at radius 3 is 2.77 bits per heavy atom. The summed E-state index contributed by atoms with van der Waals surface area (Å²) >= 11 is 1.71. The summed E-state index contributed by atoms with van der Waals surface area (Å²) in [6, 6.07) is 7.68. The first-order valence-electron chi connectivity index (χ1n) is 7.47. The van der Waals surface area contributed by atoms with Crippen LogP contribution in [0.25, 0.3) is 0 Å². The SMILES string of the molecule is COc1cccc(OCCC(C)(C)c2nc(CCN)cs2)c1. The molecule has 0 aliphatic heterocycles. The highest BCUT2D eigenvalue weighted by Gasteiger charge is 2.24. The third-order valence-corrected chi connectivity index (χ3v) is 4.83. The number of aromatic nitrogens is 1. The third kappa shape index (κ3) is 4.45. The molecule has 0 aliphatic carbocycles. The molecule has 120 valence electrons. The average Bonchev–Trinajstić information content (AvgIpc) is 2.97. The number of nitrogens with zero attached hydrogens (tertiary/aromatic N) is 1. The van der Waals surface area contributed by atoms with Gasteiger partial charge in [-0.15, -0.1) is 11.3 Å². The van der Waals surface area contributed by atoms with E-state index >= 15 is 0 Å². The summed E-state index contributed by atoms with van der Waals surface area (Å²) in [4.78, 5) is 4.69. The maximum Gasteiger partial charge on any atom is 0.122 e. The first-order chi connectivity index (χ1) is 10.5. The Morgan fingerprint density at radius 2 is 2.05 bits per heavy atom. The lowest BCUT2D eigenvalue weighted by molar-refractivity contribution is 0.271. The van der Waals surface area contributed by atoms with Crippen molar-refractivity contribution in [1.29, 1.82) is 0 Å². The predicted molar refractivity (Wildman–Crippen MR) is 91.0 cm³/mol. The summed E-state index contributed by atoms with van der Waals surface area (Å²) in [6.45, 7) is 5.69. The van der Waals surface area contributed by atoms with Gasteiger partial charge in [0.05, 0.1) is 24.4 Å². The zero-order chi connectivity index (χ0) is 16.0. The zero-order valence-corrected chi connectivity index (χ0v) is 14.3. The molecule has 5 heteroatoms. The minimum absolute atomic E-state index is 0.00359. The molecule has 0 amide bonds. The lowest BCUT2D eigenvalue weighted by Gasteiger charge is -2.22.